The number of aryl methyl sites for hydroxylation is 1. The smallest absolute Gasteiger partial charge is 0.202 e. The van der Waals surface area contributed by atoms with Gasteiger partial charge in [-0.1, -0.05) is 19.3 Å². The van der Waals surface area contributed by atoms with Crippen LogP contribution in [0.2, 0.25) is 0 Å². The van der Waals surface area contributed by atoms with Crippen molar-refractivity contribution in [1.29, 1.82) is 0 Å². The van der Waals surface area contributed by atoms with Crippen LogP contribution in [0, 0.1) is 6.92 Å². The Kier molecular flexibility index (Phi) is 3.63. The highest BCUT2D eigenvalue weighted by Crippen LogP contribution is 2.40. The van der Waals surface area contributed by atoms with E-state index < -0.39 is 0 Å². The normalized spacial score (nSPS) is 18.5. The largest absolute Gasteiger partial charge is 0.369 e. The van der Waals surface area contributed by atoms with Crippen LogP contribution in [0.3, 0.4) is 0 Å². The SMILES string of the molecule is CSC1(Cn2c(N)nc3c(C)ccnc32)CCCCC1. The molecular formula is C15H22N4S. The van der Waals surface area contributed by atoms with Gasteiger partial charge in [-0.3, -0.25) is 4.57 Å². The fourth-order valence-electron chi connectivity index (χ4n) is 3.22. The number of nitrogens with two attached hydrogens (primary N) is 1. The van der Waals surface area contributed by atoms with E-state index in [0.29, 0.717) is 10.7 Å². The topological polar surface area (TPSA) is 56.7 Å². The van der Waals surface area contributed by atoms with E-state index in [0.717, 1.165) is 23.3 Å². The average molecular weight is 290 g/mol. The number of imidazole rings is 1. The molecule has 20 heavy (non-hydrogen) atoms. The fourth-order valence-corrected chi connectivity index (χ4v) is 4.18. The summed E-state index contributed by atoms with van der Waals surface area (Å²) in [6, 6.07) is 1.99. The predicted octanol–water partition coefficient (Wildman–Crippen LogP) is 3.39. The summed E-state index contributed by atoms with van der Waals surface area (Å²) in [6.45, 7) is 2.98. The van der Waals surface area contributed by atoms with Gasteiger partial charge >= 0.3 is 0 Å². The van der Waals surface area contributed by atoms with E-state index >= 15 is 0 Å². The highest BCUT2D eigenvalue weighted by atomic mass is 32.2. The summed E-state index contributed by atoms with van der Waals surface area (Å²) in [5.74, 6) is 0.598. The van der Waals surface area contributed by atoms with E-state index in [-0.39, 0.29) is 0 Å². The zero-order valence-corrected chi connectivity index (χ0v) is 13.0. The molecule has 2 aromatic rings. The molecule has 1 aliphatic rings. The van der Waals surface area contributed by atoms with Crippen molar-refractivity contribution in [3.63, 3.8) is 0 Å². The Bertz CT molecular complexity index is 614. The van der Waals surface area contributed by atoms with Crippen LogP contribution < -0.4 is 5.73 Å². The molecule has 2 N–H and O–H groups in total. The van der Waals surface area contributed by atoms with Gasteiger partial charge in [0, 0.05) is 17.5 Å². The van der Waals surface area contributed by atoms with Crippen LogP contribution >= 0.6 is 11.8 Å². The molecule has 108 valence electrons. The minimum atomic E-state index is 0.297. The summed E-state index contributed by atoms with van der Waals surface area (Å²) in [6.07, 6.45) is 10.6. The minimum Gasteiger partial charge on any atom is -0.369 e. The first-order valence-corrected chi connectivity index (χ1v) is 8.50. The minimum absolute atomic E-state index is 0.297. The molecule has 0 aliphatic heterocycles. The van der Waals surface area contributed by atoms with E-state index in [2.05, 4.69) is 27.7 Å². The van der Waals surface area contributed by atoms with Crippen LogP contribution in [0.1, 0.15) is 37.7 Å². The second-order valence-electron chi connectivity index (χ2n) is 5.80. The Balaban J connectivity index is 2.01. The monoisotopic (exact) mass is 290 g/mol. The molecule has 0 aromatic carbocycles. The third-order valence-corrected chi connectivity index (χ3v) is 5.91. The van der Waals surface area contributed by atoms with Crippen molar-refractivity contribution in [2.24, 2.45) is 0 Å². The fraction of sp³-hybridized carbons (Fsp3) is 0.600. The van der Waals surface area contributed by atoms with E-state index in [1.54, 1.807) is 0 Å². The summed E-state index contributed by atoms with van der Waals surface area (Å²) in [5, 5.41) is 0. The van der Waals surface area contributed by atoms with Crippen molar-refractivity contribution in [3.8, 4) is 0 Å². The van der Waals surface area contributed by atoms with Crippen molar-refractivity contribution in [3.05, 3.63) is 17.8 Å². The Morgan fingerprint density at radius 3 is 2.80 bits per heavy atom. The van der Waals surface area contributed by atoms with E-state index in [1.807, 2.05) is 24.0 Å². The molecule has 1 aliphatic carbocycles. The lowest BCUT2D eigenvalue weighted by atomic mass is 9.88. The van der Waals surface area contributed by atoms with Gasteiger partial charge < -0.3 is 5.73 Å². The Hall–Kier alpha value is -1.23. The maximum absolute atomic E-state index is 6.16. The van der Waals surface area contributed by atoms with Crippen LogP contribution in [0.4, 0.5) is 5.95 Å². The highest BCUT2D eigenvalue weighted by Gasteiger charge is 2.33. The first-order valence-electron chi connectivity index (χ1n) is 7.28. The zero-order valence-electron chi connectivity index (χ0n) is 12.2. The number of rotatable bonds is 3. The molecule has 0 amide bonds. The van der Waals surface area contributed by atoms with Crippen molar-refractivity contribution in [2.75, 3.05) is 12.0 Å². The number of fused-ring (bicyclic) bond motifs is 1. The third kappa shape index (κ3) is 2.28. The van der Waals surface area contributed by atoms with E-state index in [4.69, 9.17) is 5.73 Å². The molecule has 1 fully saturated rings. The van der Waals surface area contributed by atoms with Crippen LogP contribution in [0.15, 0.2) is 12.3 Å². The van der Waals surface area contributed by atoms with E-state index in [9.17, 15) is 0 Å². The zero-order chi connectivity index (χ0) is 14.2. The molecule has 0 unspecified atom stereocenters. The first kappa shape index (κ1) is 13.7. The molecule has 4 nitrogen and oxygen atoms in total. The lowest BCUT2D eigenvalue weighted by molar-refractivity contribution is 0.362. The molecule has 2 heterocycles. The van der Waals surface area contributed by atoms with Crippen LogP contribution in [-0.4, -0.2) is 25.5 Å². The van der Waals surface area contributed by atoms with E-state index in [1.165, 1.54) is 32.1 Å². The number of nitrogens with zero attached hydrogens (tertiary/aromatic N) is 3. The number of hydrogen-bond acceptors (Lipinski definition) is 4. The Morgan fingerprint density at radius 2 is 2.10 bits per heavy atom. The third-order valence-electron chi connectivity index (χ3n) is 4.51. The highest BCUT2D eigenvalue weighted by molar-refractivity contribution is 8.00. The Morgan fingerprint density at radius 1 is 1.35 bits per heavy atom. The molecule has 0 saturated heterocycles. The molecule has 0 atom stereocenters. The first-order chi connectivity index (χ1) is 9.65. The van der Waals surface area contributed by atoms with Gasteiger partial charge in [0.25, 0.3) is 0 Å². The van der Waals surface area contributed by atoms with Gasteiger partial charge in [0.1, 0.15) is 5.52 Å². The van der Waals surface area contributed by atoms with Crippen LogP contribution in [-0.2, 0) is 6.54 Å². The van der Waals surface area contributed by atoms with Crippen molar-refractivity contribution >= 4 is 28.9 Å². The molecule has 2 aromatic heterocycles. The molecule has 0 bridgehead atoms. The van der Waals surface area contributed by atoms with Gasteiger partial charge in [-0.15, -0.1) is 0 Å². The molecule has 0 radical (unpaired) electrons. The van der Waals surface area contributed by atoms with Gasteiger partial charge in [0.15, 0.2) is 5.65 Å². The number of pyridine rings is 1. The van der Waals surface area contributed by atoms with Crippen molar-refractivity contribution < 1.29 is 0 Å². The second kappa shape index (κ2) is 5.28. The van der Waals surface area contributed by atoms with Gasteiger partial charge in [-0.2, -0.15) is 11.8 Å². The summed E-state index contributed by atoms with van der Waals surface area (Å²) in [4.78, 5) is 9.02. The van der Waals surface area contributed by atoms with Gasteiger partial charge in [0.05, 0.1) is 0 Å². The number of aromatic nitrogens is 3. The van der Waals surface area contributed by atoms with Crippen molar-refractivity contribution in [2.45, 2.75) is 50.3 Å². The number of nitrogen functional groups attached to an aromatic ring is 1. The van der Waals surface area contributed by atoms with Crippen LogP contribution in [0.5, 0.6) is 0 Å². The lowest BCUT2D eigenvalue weighted by Crippen LogP contribution is -2.33. The van der Waals surface area contributed by atoms with Gasteiger partial charge in [0.2, 0.25) is 5.95 Å². The molecule has 3 rings (SSSR count). The van der Waals surface area contributed by atoms with Crippen molar-refractivity contribution in [1.82, 2.24) is 14.5 Å². The quantitative estimate of drug-likeness (QED) is 0.941. The second-order valence-corrected chi connectivity index (χ2v) is 7.08. The van der Waals surface area contributed by atoms with Gasteiger partial charge in [-0.25, -0.2) is 9.97 Å². The van der Waals surface area contributed by atoms with Gasteiger partial charge in [-0.05, 0) is 37.7 Å². The maximum Gasteiger partial charge on any atom is 0.202 e. The number of anilines is 1. The number of thioether (sulfide) groups is 1. The lowest BCUT2D eigenvalue weighted by Gasteiger charge is -2.36. The summed E-state index contributed by atoms with van der Waals surface area (Å²) >= 11 is 1.98. The number of hydrogen-bond donors (Lipinski definition) is 1. The molecule has 5 heteroatoms. The average Bonchev–Trinajstić information content (AvgIpc) is 2.78. The standard InChI is InChI=1S/C15H22N4S/c1-11-6-9-17-13-12(11)18-14(16)19(13)10-15(20-2)7-4-3-5-8-15/h6,9H,3-5,7-8,10H2,1-2H3,(H2,16,18). The molecule has 0 spiro atoms. The summed E-state index contributed by atoms with van der Waals surface area (Å²) < 4.78 is 2.41. The maximum atomic E-state index is 6.16. The predicted molar refractivity (Wildman–Crippen MR) is 86.0 cm³/mol. The van der Waals surface area contributed by atoms with Crippen LogP contribution in [0.25, 0.3) is 11.2 Å². The molecule has 1 saturated carbocycles. The summed E-state index contributed by atoms with van der Waals surface area (Å²) in [7, 11) is 0. The summed E-state index contributed by atoms with van der Waals surface area (Å²) in [5.41, 5.74) is 9.17. The molecular weight excluding hydrogens is 268 g/mol. The Labute approximate surface area is 124 Å².